The molecule has 1 N–H and O–H groups in total. The van der Waals surface area contributed by atoms with Crippen LogP contribution in [0.3, 0.4) is 0 Å². The van der Waals surface area contributed by atoms with E-state index in [1.165, 1.54) is 11.1 Å². The number of nitrogens with zero attached hydrogens (tertiary/aromatic N) is 3. The van der Waals surface area contributed by atoms with E-state index in [2.05, 4.69) is 70.3 Å². The fourth-order valence-corrected chi connectivity index (χ4v) is 2.94. The van der Waals surface area contributed by atoms with Crippen LogP contribution in [0.1, 0.15) is 36.8 Å². The Balaban J connectivity index is 2.27. The molecule has 2 rings (SSSR count). The van der Waals surface area contributed by atoms with Gasteiger partial charge in [0.05, 0.1) is 0 Å². The van der Waals surface area contributed by atoms with Gasteiger partial charge in [0.2, 0.25) is 0 Å². The quantitative estimate of drug-likeness (QED) is 0.880. The third-order valence-electron chi connectivity index (χ3n) is 3.44. The van der Waals surface area contributed by atoms with E-state index in [1.54, 1.807) is 6.33 Å². The number of halogens is 1. The minimum absolute atomic E-state index is 0.266. The maximum absolute atomic E-state index is 4.38. The summed E-state index contributed by atoms with van der Waals surface area (Å²) in [5.41, 5.74) is 2.61. The summed E-state index contributed by atoms with van der Waals surface area (Å²) in [6, 6.07) is 6.70. The Morgan fingerprint density at radius 3 is 2.80 bits per heavy atom. The number of rotatable bonds is 6. The number of aryl methyl sites for hydroxylation is 2. The highest BCUT2D eigenvalue weighted by Crippen LogP contribution is 2.24. The Kier molecular flexibility index (Phi) is 5.31. The second kappa shape index (κ2) is 6.99. The van der Waals surface area contributed by atoms with Crippen molar-refractivity contribution in [1.82, 2.24) is 20.1 Å². The molecule has 4 nitrogen and oxygen atoms in total. The van der Waals surface area contributed by atoms with Crippen molar-refractivity contribution in [2.24, 2.45) is 0 Å². The molecule has 0 aliphatic heterocycles. The molecule has 0 aliphatic rings. The lowest BCUT2D eigenvalue weighted by Crippen LogP contribution is -2.25. The lowest BCUT2D eigenvalue weighted by Gasteiger charge is -2.20. The lowest BCUT2D eigenvalue weighted by atomic mass is 9.98. The second-order valence-corrected chi connectivity index (χ2v) is 5.72. The molecule has 1 atom stereocenters. The smallest absolute Gasteiger partial charge is 0.138 e. The maximum atomic E-state index is 4.38. The average Bonchev–Trinajstić information content (AvgIpc) is 2.85. The first-order valence-corrected chi connectivity index (χ1v) is 7.81. The van der Waals surface area contributed by atoms with Crippen LogP contribution in [-0.2, 0) is 13.0 Å². The van der Waals surface area contributed by atoms with Crippen LogP contribution in [0.4, 0.5) is 0 Å². The summed E-state index contributed by atoms with van der Waals surface area (Å²) in [5, 5.41) is 7.80. The molecule has 20 heavy (non-hydrogen) atoms. The molecule has 0 saturated carbocycles. The predicted octanol–water partition coefficient (Wildman–Crippen LogP) is 3.26. The van der Waals surface area contributed by atoms with Crippen LogP contribution in [0.15, 0.2) is 29.0 Å². The van der Waals surface area contributed by atoms with Gasteiger partial charge in [-0.25, -0.2) is 4.98 Å². The van der Waals surface area contributed by atoms with Gasteiger partial charge in [-0.3, -0.25) is 4.68 Å². The Bertz CT molecular complexity index is 565. The van der Waals surface area contributed by atoms with Crippen molar-refractivity contribution in [2.45, 2.75) is 39.8 Å². The third-order valence-corrected chi connectivity index (χ3v) is 3.93. The van der Waals surface area contributed by atoms with E-state index < -0.39 is 0 Å². The van der Waals surface area contributed by atoms with Gasteiger partial charge in [0.15, 0.2) is 0 Å². The van der Waals surface area contributed by atoms with Crippen LogP contribution in [-0.4, -0.2) is 21.3 Å². The Labute approximate surface area is 128 Å². The molecule has 0 radical (unpaired) electrons. The van der Waals surface area contributed by atoms with Crippen molar-refractivity contribution in [2.75, 3.05) is 6.54 Å². The first-order chi connectivity index (χ1) is 9.65. The van der Waals surface area contributed by atoms with Crippen molar-refractivity contribution in [3.63, 3.8) is 0 Å². The highest BCUT2D eigenvalue weighted by Gasteiger charge is 2.16. The summed E-state index contributed by atoms with van der Waals surface area (Å²) in [5.74, 6) is 1.03. The molecular weight excluding hydrogens is 316 g/mol. The van der Waals surface area contributed by atoms with Gasteiger partial charge in [-0.05, 0) is 43.7 Å². The predicted molar refractivity (Wildman–Crippen MR) is 84.7 cm³/mol. The molecule has 1 aromatic carbocycles. The van der Waals surface area contributed by atoms with Crippen LogP contribution in [0.5, 0.6) is 0 Å². The van der Waals surface area contributed by atoms with Crippen molar-refractivity contribution in [3.05, 3.63) is 46.0 Å². The zero-order valence-corrected chi connectivity index (χ0v) is 13.8. The highest BCUT2D eigenvalue weighted by molar-refractivity contribution is 9.10. The molecule has 0 fully saturated rings. The van der Waals surface area contributed by atoms with E-state index in [0.717, 1.165) is 29.8 Å². The average molecular weight is 337 g/mol. The number of benzene rings is 1. The Hall–Kier alpha value is -1.20. The molecule has 1 aromatic heterocycles. The second-order valence-electron chi connectivity index (χ2n) is 4.81. The first-order valence-electron chi connectivity index (χ1n) is 7.01. The summed E-state index contributed by atoms with van der Waals surface area (Å²) in [4.78, 5) is 4.38. The largest absolute Gasteiger partial charge is 0.310 e. The van der Waals surface area contributed by atoms with E-state index in [0.29, 0.717) is 0 Å². The summed E-state index contributed by atoms with van der Waals surface area (Å²) < 4.78 is 3.07. The summed E-state index contributed by atoms with van der Waals surface area (Å²) in [6.07, 6.45) is 2.49. The molecule has 0 amide bonds. The summed E-state index contributed by atoms with van der Waals surface area (Å²) in [7, 11) is 0. The van der Waals surface area contributed by atoms with Crippen molar-refractivity contribution < 1.29 is 0 Å². The van der Waals surface area contributed by atoms with Crippen LogP contribution in [0, 0.1) is 6.92 Å². The fourth-order valence-electron chi connectivity index (χ4n) is 2.46. The zero-order chi connectivity index (χ0) is 14.5. The van der Waals surface area contributed by atoms with Crippen molar-refractivity contribution in [3.8, 4) is 0 Å². The Morgan fingerprint density at radius 1 is 1.35 bits per heavy atom. The number of nitrogens with one attached hydrogen (secondary N) is 1. The molecule has 1 heterocycles. The van der Waals surface area contributed by atoms with Gasteiger partial charge in [0.25, 0.3) is 0 Å². The molecule has 1 unspecified atom stereocenters. The van der Waals surface area contributed by atoms with Gasteiger partial charge >= 0.3 is 0 Å². The minimum atomic E-state index is 0.266. The maximum Gasteiger partial charge on any atom is 0.138 e. The van der Waals surface area contributed by atoms with Crippen LogP contribution in [0.25, 0.3) is 0 Å². The molecule has 2 aromatic rings. The normalized spacial score (nSPS) is 12.6. The monoisotopic (exact) mass is 336 g/mol. The van der Waals surface area contributed by atoms with Gasteiger partial charge in [-0.1, -0.05) is 28.9 Å². The van der Waals surface area contributed by atoms with E-state index >= 15 is 0 Å². The SMILES string of the molecule is CCNC(Cc1ncnn1CC)c1ccc(Br)cc1C. The first kappa shape index (κ1) is 15.2. The van der Waals surface area contributed by atoms with Gasteiger partial charge in [0, 0.05) is 23.5 Å². The molecule has 0 saturated heterocycles. The standard InChI is InChI=1S/C15H21BrN4/c1-4-17-14(9-15-18-10-19-20(15)5-2)13-7-6-12(16)8-11(13)3/h6-8,10,14,17H,4-5,9H2,1-3H3. The van der Waals surface area contributed by atoms with Gasteiger partial charge in [-0.15, -0.1) is 0 Å². The van der Waals surface area contributed by atoms with E-state index in [9.17, 15) is 0 Å². The fraction of sp³-hybridized carbons (Fsp3) is 0.467. The molecule has 0 bridgehead atoms. The lowest BCUT2D eigenvalue weighted by molar-refractivity contribution is 0.508. The summed E-state index contributed by atoms with van der Waals surface area (Å²) >= 11 is 3.52. The molecule has 0 spiro atoms. The van der Waals surface area contributed by atoms with Crippen molar-refractivity contribution in [1.29, 1.82) is 0 Å². The zero-order valence-electron chi connectivity index (χ0n) is 12.2. The number of likely N-dealkylation sites (N-methyl/N-ethyl adjacent to an activating group) is 1. The number of aromatic nitrogens is 3. The minimum Gasteiger partial charge on any atom is -0.310 e. The van der Waals surface area contributed by atoms with Crippen molar-refractivity contribution >= 4 is 15.9 Å². The molecule has 0 aliphatic carbocycles. The number of hydrogen-bond acceptors (Lipinski definition) is 3. The highest BCUT2D eigenvalue weighted by atomic mass is 79.9. The van der Waals surface area contributed by atoms with Gasteiger partial charge in [-0.2, -0.15) is 5.10 Å². The van der Waals surface area contributed by atoms with E-state index in [-0.39, 0.29) is 6.04 Å². The van der Waals surface area contributed by atoms with Gasteiger partial charge < -0.3 is 5.32 Å². The molecule has 5 heteroatoms. The van der Waals surface area contributed by atoms with Crippen LogP contribution < -0.4 is 5.32 Å². The summed E-state index contributed by atoms with van der Waals surface area (Å²) in [6.45, 7) is 8.15. The van der Waals surface area contributed by atoms with Crippen LogP contribution in [0.2, 0.25) is 0 Å². The topological polar surface area (TPSA) is 42.7 Å². The Morgan fingerprint density at radius 2 is 2.15 bits per heavy atom. The molecule has 108 valence electrons. The number of hydrogen-bond donors (Lipinski definition) is 1. The van der Waals surface area contributed by atoms with Gasteiger partial charge in [0.1, 0.15) is 12.2 Å². The van der Waals surface area contributed by atoms with E-state index in [4.69, 9.17) is 0 Å². The van der Waals surface area contributed by atoms with E-state index in [1.807, 2.05) is 4.68 Å². The van der Waals surface area contributed by atoms with Crippen LogP contribution >= 0.6 is 15.9 Å². The third kappa shape index (κ3) is 3.46. The molecular formula is C15H21BrN4.